The lowest BCUT2D eigenvalue weighted by Gasteiger charge is -2.46. The van der Waals surface area contributed by atoms with Crippen molar-refractivity contribution in [3.8, 4) is 0 Å². The van der Waals surface area contributed by atoms with Gasteiger partial charge in [-0.1, -0.05) is 37.3 Å². The third kappa shape index (κ3) is 4.60. The Bertz CT molecular complexity index is 710. The van der Waals surface area contributed by atoms with E-state index in [0.717, 1.165) is 43.6 Å². The summed E-state index contributed by atoms with van der Waals surface area (Å²) in [6.45, 7) is 0. The van der Waals surface area contributed by atoms with Crippen molar-refractivity contribution in [2.24, 2.45) is 17.8 Å². The highest BCUT2D eigenvalue weighted by molar-refractivity contribution is 6.30. The third-order valence-electron chi connectivity index (χ3n) is 7.33. The lowest BCUT2D eigenvalue weighted by molar-refractivity contribution is -0.262. The highest BCUT2D eigenvalue weighted by Crippen LogP contribution is 2.43. The van der Waals surface area contributed by atoms with Gasteiger partial charge in [-0.15, -0.1) is 0 Å². The number of methoxy groups -OCH3 is 1. The van der Waals surface area contributed by atoms with Gasteiger partial charge in [-0.2, -0.15) is 0 Å². The minimum atomic E-state index is -1.18. The molecular formula is C22H32ClFN2O4. The van der Waals surface area contributed by atoms with Crippen molar-refractivity contribution in [3.05, 3.63) is 23.1 Å². The van der Waals surface area contributed by atoms with Crippen LogP contribution in [0.4, 0.5) is 10.2 Å². The number of aliphatic hydroxyl groups excluding tert-OH is 2. The number of nitrogens with zero attached hydrogens (tertiary/aromatic N) is 1. The molecule has 0 radical (unpaired) electrons. The Labute approximate surface area is 182 Å². The molecule has 3 fully saturated rings. The van der Waals surface area contributed by atoms with Crippen molar-refractivity contribution in [2.45, 2.75) is 82.0 Å². The van der Waals surface area contributed by atoms with Crippen molar-refractivity contribution < 1.29 is 24.1 Å². The fraction of sp³-hybridized carbons (Fsp3) is 0.773. The lowest BCUT2D eigenvalue weighted by atomic mass is 9.72. The van der Waals surface area contributed by atoms with Gasteiger partial charge in [0.2, 0.25) is 0 Å². The summed E-state index contributed by atoms with van der Waals surface area (Å²) in [6.07, 6.45) is 7.39. The molecule has 168 valence electrons. The smallest absolute Gasteiger partial charge is 0.180 e. The summed E-state index contributed by atoms with van der Waals surface area (Å²) in [5.74, 6) is 1.09. The number of aliphatic hydroxyl groups is 2. The first-order chi connectivity index (χ1) is 14.5. The average Bonchev–Trinajstić information content (AvgIpc) is 3.28. The van der Waals surface area contributed by atoms with Crippen LogP contribution in [0.15, 0.2) is 12.3 Å². The predicted octanol–water partition coefficient (Wildman–Crippen LogP) is 3.74. The largest absolute Gasteiger partial charge is 0.388 e. The van der Waals surface area contributed by atoms with Gasteiger partial charge in [-0.05, 0) is 49.5 Å². The summed E-state index contributed by atoms with van der Waals surface area (Å²) in [7, 11) is 1.48. The van der Waals surface area contributed by atoms with Crippen molar-refractivity contribution in [1.82, 2.24) is 4.98 Å². The molecule has 1 saturated heterocycles. The molecule has 2 saturated carbocycles. The van der Waals surface area contributed by atoms with Gasteiger partial charge >= 0.3 is 0 Å². The van der Waals surface area contributed by atoms with Crippen LogP contribution < -0.4 is 5.32 Å². The van der Waals surface area contributed by atoms with Gasteiger partial charge in [-0.25, -0.2) is 9.37 Å². The first-order valence-electron chi connectivity index (χ1n) is 11.1. The SMILES string of the molecule is CO[C@@H]1O[C@H](C2CCC(C3CCCC3)CC2)[C@H](O)[C@H](O)[C@@H]1Nc1ncc(Cl)cc1F. The van der Waals surface area contributed by atoms with Gasteiger partial charge < -0.3 is 25.0 Å². The van der Waals surface area contributed by atoms with Crippen LogP contribution in [0, 0.1) is 23.6 Å². The highest BCUT2D eigenvalue weighted by Gasteiger charge is 2.48. The van der Waals surface area contributed by atoms with Crippen LogP contribution in [0.2, 0.25) is 5.02 Å². The second-order valence-electron chi connectivity index (χ2n) is 9.06. The maximum atomic E-state index is 14.2. The number of aromatic nitrogens is 1. The summed E-state index contributed by atoms with van der Waals surface area (Å²) in [5, 5.41) is 24.7. The standard InChI is InChI=1S/C22H32ClFN2O4/c1-29-22-17(26-21-16(24)10-15(23)11-25-21)18(27)19(28)20(30-22)14-8-6-13(7-9-14)12-4-2-3-5-12/h10-14,17-20,22,27-28H,2-9H2,1H3,(H,25,26)/t13?,14?,17-,18+,19+,20+,22+/m0/s1. The van der Waals surface area contributed by atoms with E-state index in [0.29, 0.717) is 0 Å². The molecule has 1 aliphatic heterocycles. The quantitative estimate of drug-likeness (QED) is 0.644. The van der Waals surface area contributed by atoms with Crippen molar-refractivity contribution >= 4 is 17.4 Å². The Morgan fingerprint density at radius 1 is 1.07 bits per heavy atom. The lowest BCUT2D eigenvalue weighted by Crippen LogP contribution is -2.62. The molecule has 3 N–H and O–H groups in total. The van der Waals surface area contributed by atoms with E-state index >= 15 is 0 Å². The Hall–Kier alpha value is -0.990. The minimum absolute atomic E-state index is 0.0724. The molecule has 2 aliphatic carbocycles. The summed E-state index contributed by atoms with van der Waals surface area (Å²) < 4.78 is 25.7. The molecule has 6 nitrogen and oxygen atoms in total. The topological polar surface area (TPSA) is 83.8 Å². The van der Waals surface area contributed by atoms with E-state index in [1.807, 2.05) is 0 Å². The fourth-order valence-corrected chi connectivity index (χ4v) is 5.83. The number of rotatable bonds is 5. The number of pyridine rings is 1. The average molecular weight is 443 g/mol. The summed E-state index contributed by atoms with van der Waals surface area (Å²) in [5.41, 5.74) is 0. The molecule has 1 aromatic rings. The van der Waals surface area contributed by atoms with Crippen molar-refractivity contribution in [2.75, 3.05) is 12.4 Å². The molecular weight excluding hydrogens is 411 g/mol. The number of hydrogen-bond donors (Lipinski definition) is 3. The van der Waals surface area contributed by atoms with E-state index in [1.165, 1.54) is 39.0 Å². The molecule has 4 rings (SSSR count). The second-order valence-corrected chi connectivity index (χ2v) is 9.50. The summed E-state index contributed by atoms with van der Waals surface area (Å²) in [6, 6.07) is 0.274. The molecule has 2 heterocycles. The van der Waals surface area contributed by atoms with Crippen LogP contribution in [-0.2, 0) is 9.47 Å². The van der Waals surface area contributed by atoms with Gasteiger partial charge in [0.15, 0.2) is 17.9 Å². The zero-order valence-electron chi connectivity index (χ0n) is 17.3. The Balaban J connectivity index is 1.40. The first kappa shape index (κ1) is 22.2. The number of halogens is 2. The minimum Gasteiger partial charge on any atom is -0.388 e. The molecule has 0 amide bonds. The molecule has 0 bridgehead atoms. The molecule has 3 aliphatic rings. The van der Waals surface area contributed by atoms with E-state index in [1.54, 1.807) is 0 Å². The van der Waals surface area contributed by atoms with E-state index in [9.17, 15) is 14.6 Å². The van der Waals surface area contributed by atoms with Crippen LogP contribution >= 0.6 is 11.6 Å². The highest BCUT2D eigenvalue weighted by atomic mass is 35.5. The van der Waals surface area contributed by atoms with E-state index in [-0.39, 0.29) is 16.8 Å². The van der Waals surface area contributed by atoms with Crippen LogP contribution in [0.5, 0.6) is 0 Å². The molecule has 0 aromatic carbocycles. The number of ether oxygens (including phenoxy) is 2. The second kappa shape index (κ2) is 9.65. The van der Waals surface area contributed by atoms with Crippen molar-refractivity contribution in [3.63, 3.8) is 0 Å². The molecule has 0 unspecified atom stereocenters. The number of hydrogen-bond acceptors (Lipinski definition) is 6. The molecule has 30 heavy (non-hydrogen) atoms. The fourth-order valence-electron chi connectivity index (χ4n) is 5.69. The van der Waals surface area contributed by atoms with Crippen molar-refractivity contribution in [1.29, 1.82) is 0 Å². The number of nitrogens with one attached hydrogen (secondary N) is 1. The summed E-state index contributed by atoms with van der Waals surface area (Å²) >= 11 is 5.76. The van der Waals surface area contributed by atoms with Crippen LogP contribution in [0.3, 0.4) is 0 Å². The molecule has 0 spiro atoms. The van der Waals surface area contributed by atoms with Crippen LogP contribution in [0.25, 0.3) is 0 Å². The van der Waals surface area contributed by atoms with Gasteiger partial charge in [0.25, 0.3) is 0 Å². The maximum absolute atomic E-state index is 14.2. The molecule has 8 heteroatoms. The third-order valence-corrected chi connectivity index (χ3v) is 7.54. The monoisotopic (exact) mass is 442 g/mol. The maximum Gasteiger partial charge on any atom is 0.180 e. The Morgan fingerprint density at radius 2 is 1.70 bits per heavy atom. The zero-order valence-corrected chi connectivity index (χ0v) is 18.1. The van der Waals surface area contributed by atoms with Crippen LogP contribution in [-0.4, -0.2) is 53.0 Å². The van der Waals surface area contributed by atoms with E-state index < -0.39 is 36.5 Å². The predicted molar refractivity (Wildman–Crippen MR) is 112 cm³/mol. The Morgan fingerprint density at radius 3 is 2.33 bits per heavy atom. The number of anilines is 1. The van der Waals surface area contributed by atoms with E-state index in [4.69, 9.17) is 21.1 Å². The first-order valence-corrected chi connectivity index (χ1v) is 11.5. The van der Waals surface area contributed by atoms with Gasteiger partial charge in [-0.3, -0.25) is 0 Å². The zero-order chi connectivity index (χ0) is 21.3. The van der Waals surface area contributed by atoms with Gasteiger partial charge in [0, 0.05) is 13.3 Å². The molecule has 5 atom stereocenters. The molecule has 1 aromatic heterocycles. The van der Waals surface area contributed by atoms with Gasteiger partial charge in [0.05, 0.1) is 11.1 Å². The van der Waals surface area contributed by atoms with E-state index in [2.05, 4.69) is 10.3 Å². The summed E-state index contributed by atoms with van der Waals surface area (Å²) in [4.78, 5) is 3.93. The Kier molecular flexibility index (Phi) is 7.15. The van der Waals surface area contributed by atoms with Crippen LogP contribution in [0.1, 0.15) is 51.4 Å². The van der Waals surface area contributed by atoms with Gasteiger partial charge in [0.1, 0.15) is 18.2 Å². The normalized spacial score (nSPS) is 38.0.